The predicted octanol–water partition coefficient (Wildman–Crippen LogP) is 4.95. The molecule has 0 aliphatic carbocycles. The molecular weight excluding hydrogens is 436 g/mol. The van der Waals surface area contributed by atoms with Gasteiger partial charge in [0.1, 0.15) is 11.5 Å². The first kappa shape index (κ1) is 22.7. The number of esters is 1. The summed E-state index contributed by atoms with van der Waals surface area (Å²) < 4.78 is 27.2. The fraction of sp³-hybridized carbons (Fsp3) is 0.111. The van der Waals surface area contributed by atoms with E-state index in [-0.39, 0.29) is 17.3 Å². The Kier molecular flexibility index (Phi) is 6.64. The molecule has 3 aromatic rings. The first-order valence-corrected chi connectivity index (χ1v) is 10.4. The van der Waals surface area contributed by atoms with Gasteiger partial charge in [0.25, 0.3) is 0 Å². The number of Topliss-reactive ketones (excluding diaryl/α,β-unsaturated/α-hetero) is 1. The molecule has 0 atom stereocenters. The van der Waals surface area contributed by atoms with E-state index in [9.17, 15) is 9.59 Å². The van der Waals surface area contributed by atoms with E-state index in [1.807, 2.05) is 30.3 Å². The van der Waals surface area contributed by atoms with Crippen molar-refractivity contribution in [3.63, 3.8) is 0 Å². The molecule has 0 amide bonds. The van der Waals surface area contributed by atoms with Gasteiger partial charge < -0.3 is 23.7 Å². The van der Waals surface area contributed by atoms with Gasteiger partial charge >= 0.3 is 5.97 Å². The molecule has 0 aromatic heterocycles. The molecule has 0 saturated heterocycles. The van der Waals surface area contributed by atoms with Crippen LogP contribution in [0.15, 0.2) is 72.5 Å². The van der Waals surface area contributed by atoms with Crippen LogP contribution >= 0.6 is 0 Å². The number of hydrogen-bond acceptors (Lipinski definition) is 7. The molecule has 1 heterocycles. The highest BCUT2D eigenvalue weighted by Crippen LogP contribution is 2.40. The molecule has 0 bridgehead atoms. The van der Waals surface area contributed by atoms with Crippen molar-refractivity contribution in [1.82, 2.24) is 0 Å². The molecule has 0 fully saturated rings. The van der Waals surface area contributed by atoms with Crippen molar-refractivity contribution in [1.29, 1.82) is 0 Å². The second kappa shape index (κ2) is 9.95. The SMILES string of the molecule is COc1cc(/C=C2\Oc3cc(OC(=O)/C=C/c4ccccc4)ccc3C2=O)cc(OC)c1OC. The van der Waals surface area contributed by atoms with E-state index in [2.05, 4.69) is 0 Å². The lowest BCUT2D eigenvalue weighted by atomic mass is 10.1. The van der Waals surface area contributed by atoms with Crippen molar-refractivity contribution in [3.05, 3.63) is 89.2 Å². The maximum absolute atomic E-state index is 12.8. The molecule has 0 radical (unpaired) electrons. The Hall–Kier alpha value is -4.52. The Morgan fingerprint density at radius 1 is 0.853 bits per heavy atom. The van der Waals surface area contributed by atoms with Gasteiger partial charge in [-0.2, -0.15) is 0 Å². The number of ketones is 1. The van der Waals surface area contributed by atoms with Crippen molar-refractivity contribution in [2.24, 2.45) is 0 Å². The number of carbonyl (C=O) groups excluding carboxylic acids is 2. The van der Waals surface area contributed by atoms with Crippen LogP contribution in [0, 0.1) is 0 Å². The normalized spacial score (nSPS) is 13.5. The van der Waals surface area contributed by atoms with Crippen molar-refractivity contribution >= 4 is 23.9 Å². The third-order valence-electron chi connectivity index (χ3n) is 5.06. The van der Waals surface area contributed by atoms with Crippen molar-refractivity contribution in [2.75, 3.05) is 21.3 Å². The summed E-state index contributed by atoms with van der Waals surface area (Å²) in [4.78, 5) is 25.0. The minimum Gasteiger partial charge on any atom is -0.493 e. The Morgan fingerprint density at radius 3 is 2.21 bits per heavy atom. The van der Waals surface area contributed by atoms with E-state index < -0.39 is 5.97 Å². The van der Waals surface area contributed by atoms with Gasteiger partial charge in [-0.05, 0) is 47.5 Å². The summed E-state index contributed by atoms with van der Waals surface area (Å²) in [5.74, 6) is 1.22. The third kappa shape index (κ3) is 4.78. The number of ether oxygens (including phenoxy) is 5. The Bertz CT molecular complexity index is 1260. The fourth-order valence-electron chi connectivity index (χ4n) is 3.45. The van der Waals surface area contributed by atoms with E-state index in [1.54, 1.807) is 36.4 Å². The molecule has 3 aromatic carbocycles. The van der Waals surface area contributed by atoms with Crippen LogP contribution in [-0.4, -0.2) is 33.1 Å². The quantitative estimate of drug-likeness (QED) is 0.282. The average molecular weight is 458 g/mol. The number of carbonyl (C=O) groups is 2. The van der Waals surface area contributed by atoms with Gasteiger partial charge in [-0.1, -0.05) is 30.3 Å². The summed E-state index contributed by atoms with van der Waals surface area (Å²) in [5.41, 5.74) is 1.88. The van der Waals surface area contributed by atoms with E-state index in [0.717, 1.165) is 5.56 Å². The fourth-order valence-corrected chi connectivity index (χ4v) is 3.45. The highest BCUT2D eigenvalue weighted by Gasteiger charge is 2.28. The lowest BCUT2D eigenvalue weighted by Gasteiger charge is -2.13. The highest BCUT2D eigenvalue weighted by molar-refractivity contribution is 6.14. The van der Waals surface area contributed by atoms with E-state index >= 15 is 0 Å². The second-order valence-electron chi connectivity index (χ2n) is 7.22. The molecule has 172 valence electrons. The van der Waals surface area contributed by atoms with Crippen LogP contribution in [0.25, 0.3) is 12.2 Å². The number of methoxy groups -OCH3 is 3. The van der Waals surface area contributed by atoms with Crippen LogP contribution in [0.5, 0.6) is 28.7 Å². The van der Waals surface area contributed by atoms with Gasteiger partial charge in [0.2, 0.25) is 11.5 Å². The molecule has 0 spiro atoms. The van der Waals surface area contributed by atoms with Gasteiger partial charge in [0.05, 0.1) is 26.9 Å². The number of hydrogen-bond donors (Lipinski definition) is 0. The molecule has 7 nitrogen and oxygen atoms in total. The predicted molar refractivity (Wildman–Crippen MR) is 127 cm³/mol. The summed E-state index contributed by atoms with van der Waals surface area (Å²) >= 11 is 0. The molecule has 7 heteroatoms. The number of allylic oxidation sites excluding steroid dienone is 1. The second-order valence-corrected chi connectivity index (χ2v) is 7.22. The number of rotatable bonds is 7. The Balaban J connectivity index is 1.53. The Morgan fingerprint density at radius 2 is 1.56 bits per heavy atom. The summed E-state index contributed by atoms with van der Waals surface area (Å²) in [7, 11) is 4.54. The van der Waals surface area contributed by atoms with Gasteiger partial charge in [-0.15, -0.1) is 0 Å². The zero-order valence-electron chi connectivity index (χ0n) is 18.9. The van der Waals surface area contributed by atoms with Gasteiger partial charge in [-0.3, -0.25) is 4.79 Å². The van der Waals surface area contributed by atoms with E-state index in [4.69, 9.17) is 23.7 Å². The molecule has 1 aliphatic rings. The van der Waals surface area contributed by atoms with Crippen LogP contribution in [0.2, 0.25) is 0 Å². The average Bonchev–Trinajstić information content (AvgIpc) is 3.16. The first-order valence-electron chi connectivity index (χ1n) is 10.4. The smallest absolute Gasteiger partial charge is 0.336 e. The molecule has 4 rings (SSSR count). The van der Waals surface area contributed by atoms with Crippen LogP contribution in [0.1, 0.15) is 21.5 Å². The van der Waals surface area contributed by atoms with E-state index in [1.165, 1.54) is 33.5 Å². The highest BCUT2D eigenvalue weighted by atomic mass is 16.5. The standard InChI is InChI=1S/C27H22O7/c1-30-23-14-18(15-24(31-2)27(23)32-3)13-22-26(29)20-11-10-19(16-21(20)34-22)33-25(28)12-9-17-7-5-4-6-8-17/h4-16H,1-3H3/b12-9+,22-13-. The summed E-state index contributed by atoms with van der Waals surface area (Å²) in [5, 5.41) is 0. The van der Waals surface area contributed by atoms with Gasteiger partial charge in [0, 0.05) is 12.1 Å². The molecule has 0 saturated carbocycles. The van der Waals surface area contributed by atoms with Crippen LogP contribution in [0.4, 0.5) is 0 Å². The van der Waals surface area contributed by atoms with Crippen molar-refractivity contribution in [2.45, 2.75) is 0 Å². The third-order valence-corrected chi connectivity index (χ3v) is 5.06. The molecule has 0 unspecified atom stereocenters. The van der Waals surface area contributed by atoms with Gasteiger partial charge in [0.15, 0.2) is 17.3 Å². The lowest BCUT2D eigenvalue weighted by Crippen LogP contribution is -2.03. The maximum Gasteiger partial charge on any atom is 0.336 e. The minimum atomic E-state index is -0.540. The number of fused-ring (bicyclic) bond motifs is 1. The zero-order valence-corrected chi connectivity index (χ0v) is 18.9. The summed E-state index contributed by atoms with van der Waals surface area (Å²) in [6.07, 6.45) is 4.58. The molecule has 0 N–H and O–H groups in total. The van der Waals surface area contributed by atoms with Crippen molar-refractivity contribution in [3.8, 4) is 28.7 Å². The van der Waals surface area contributed by atoms with Crippen molar-refractivity contribution < 1.29 is 33.3 Å². The van der Waals surface area contributed by atoms with Crippen LogP contribution in [0.3, 0.4) is 0 Å². The first-order chi connectivity index (χ1) is 16.5. The number of benzene rings is 3. The maximum atomic E-state index is 12.8. The van der Waals surface area contributed by atoms with Crippen LogP contribution in [-0.2, 0) is 4.79 Å². The molecule has 34 heavy (non-hydrogen) atoms. The monoisotopic (exact) mass is 458 g/mol. The zero-order chi connectivity index (χ0) is 24.1. The molecular formula is C27H22O7. The Labute approximate surface area is 196 Å². The lowest BCUT2D eigenvalue weighted by molar-refractivity contribution is -0.128. The van der Waals surface area contributed by atoms with Gasteiger partial charge in [-0.25, -0.2) is 4.79 Å². The summed E-state index contributed by atoms with van der Waals surface area (Å²) in [6, 6.07) is 17.4. The topological polar surface area (TPSA) is 80.3 Å². The molecule has 1 aliphatic heterocycles. The summed E-state index contributed by atoms with van der Waals surface area (Å²) in [6.45, 7) is 0. The van der Waals surface area contributed by atoms with E-state index in [0.29, 0.717) is 34.1 Å². The largest absolute Gasteiger partial charge is 0.493 e. The minimum absolute atomic E-state index is 0.122. The van der Waals surface area contributed by atoms with Crippen LogP contribution < -0.4 is 23.7 Å².